The second kappa shape index (κ2) is 10.4. The zero-order chi connectivity index (χ0) is 15.0. The fourth-order valence-corrected chi connectivity index (χ4v) is 1.72. The van der Waals surface area contributed by atoms with Gasteiger partial charge in [-0.05, 0) is 44.5 Å². The van der Waals surface area contributed by atoms with Gasteiger partial charge in [0.05, 0.1) is 12.2 Å². The predicted molar refractivity (Wildman–Crippen MR) is 85.7 cm³/mol. The van der Waals surface area contributed by atoms with Gasteiger partial charge >= 0.3 is 0 Å². The molecule has 0 saturated carbocycles. The van der Waals surface area contributed by atoms with Crippen molar-refractivity contribution in [3.05, 3.63) is 29.8 Å². The number of aliphatic hydroxyl groups excluding tert-OH is 1. The van der Waals surface area contributed by atoms with Crippen LogP contribution in [0.1, 0.15) is 38.4 Å². The molecule has 0 aromatic heterocycles. The van der Waals surface area contributed by atoms with E-state index in [9.17, 15) is 9.90 Å². The van der Waals surface area contributed by atoms with E-state index in [0.717, 1.165) is 11.3 Å². The first-order valence-electron chi connectivity index (χ1n) is 6.94. The lowest BCUT2D eigenvalue weighted by Gasteiger charge is -2.14. The molecule has 0 spiro atoms. The van der Waals surface area contributed by atoms with Gasteiger partial charge in [-0.1, -0.05) is 12.1 Å². The van der Waals surface area contributed by atoms with Crippen LogP contribution in [-0.2, 0) is 4.79 Å². The Balaban J connectivity index is 0.00000400. The number of hydrogen-bond acceptors (Lipinski definition) is 4. The number of aliphatic hydroxyl groups is 1. The summed E-state index contributed by atoms with van der Waals surface area (Å²) in [5, 5.41) is 12.7. The number of halogens is 1. The van der Waals surface area contributed by atoms with Gasteiger partial charge in [-0.15, -0.1) is 12.4 Å². The molecule has 120 valence electrons. The minimum Gasteiger partial charge on any atom is -0.491 e. The molecule has 0 radical (unpaired) electrons. The number of rotatable bonds is 8. The minimum absolute atomic E-state index is 0. The Morgan fingerprint density at radius 2 is 1.95 bits per heavy atom. The van der Waals surface area contributed by atoms with Crippen LogP contribution >= 0.6 is 12.4 Å². The number of ether oxygens (including phenoxy) is 1. The van der Waals surface area contributed by atoms with Gasteiger partial charge in [0.2, 0.25) is 5.91 Å². The number of hydrogen-bond donors (Lipinski definition) is 3. The summed E-state index contributed by atoms with van der Waals surface area (Å²) < 4.78 is 5.53. The van der Waals surface area contributed by atoms with Crippen molar-refractivity contribution >= 4 is 18.3 Å². The van der Waals surface area contributed by atoms with Crippen molar-refractivity contribution in [2.24, 2.45) is 5.73 Å². The van der Waals surface area contributed by atoms with Crippen LogP contribution in [0.4, 0.5) is 0 Å². The molecular weight excluding hydrogens is 292 g/mol. The number of benzene rings is 1. The van der Waals surface area contributed by atoms with Crippen LogP contribution < -0.4 is 15.8 Å². The average Bonchev–Trinajstić information content (AvgIpc) is 2.42. The van der Waals surface area contributed by atoms with Gasteiger partial charge < -0.3 is 20.9 Å². The topological polar surface area (TPSA) is 84.6 Å². The van der Waals surface area contributed by atoms with Crippen molar-refractivity contribution in [3.8, 4) is 5.75 Å². The SMILES string of the molecule is CC(C)Oc1ccc(C(O)CNC(=O)CCCN)cc1.Cl. The Labute approximate surface area is 132 Å². The summed E-state index contributed by atoms with van der Waals surface area (Å²) in [6, 6.07) is 7.23. The Morgan fingerprint density at radius 3 is 2.48 bits per heavy atom. The van der Waals surface area contributed by atoms with Crippen molar-refractivity contribution in [1.82, 2.24) is 5.32 Å². The van der Waals surface area contributed by atoms with Gasteiger partial charge in [-0.25, -0.2) is 0 Å². The molecule has 1 amide bonds. The average molecular weight is 317 g/mol. The maximum absolute atomic E-state index is 11.4. The van der Waals surface area contributed by atoms with E-state index in [1.165, 1.54) is 0 Å². The summed E-state index contributed by atoms with van der Waals surface area (Å²) in [6.07, 6.45) is 0.450. The van der Waals surface area contributed by atoms with E-state index < -0.39 is 6.10 Å². The summed E-state index contributed by atoms with van der Waals surface area (Å²) >= 11 is 0. The van der Waals surface area contributed by atoms with Crippen LogP contribution in [0, 0.1) is 0 Å². The summed E-state index contributed by atoms with van der Waals surface area (Å²) in [4.78, 5) is 11.4. The predicted octanol–water partition coefficient (Wildman–Crippen LogP) is 1.78. The Morgan fingerprint density at radius 1 is 1.33 bits per heavy atom. The second-order valence-electron chi connectivity index (χ2n) is 4.95. The summed E-state index contributed by atoms with van der Waals surface area (Å²) in [5.41, 5.74) is 6.08. The molecule has 1 atom stereocenters. The first kappa shape index (κ1) is 19.7. The van der Waals surface area contributed by atoms with Crippen molar-refractivity contribution in [1.29, 1.82) is 0 Å². The zero-order valence-corrected chi connectivity index (χ0v) is 13.4. The van der Waals surface area contributed by atoms with Crippen molar-refractivity contribution in [2.75, 3.05) is 13.1 Å². The lowest BCUT2D eigenvalue weighted by Crippen LogP contribution is -2.28. The summed E-state index contributed by atoms with van der Waals surface area (Å²) in [5.74, 6) is 0.678. The molecule has 4 N–H and O–H groups in total. The van der Waals surface area contributed by atoms with Crippen LogP contribution in [0.15, 0.2) is 24.3 Å². The number of nitrogens with two attached hydrogens (primary N) is 1. The standard InChI is InChI=1S/C15H24N2O3.ClH/c1-11(2)20-13-7-5-12(6-8-13)14(18)10-17-15(19)4-3-9-16;/h5-8,11,14,18H,3-4,9-10,16H2,1-2H3,(H,17,19);1H. The summed E-state index contributed by atoms with van der Waals surface area (Å²) in [7, 11) is 0. The highest BCUT2D eigenvalue weighted by atomic mass is 35.5. The van der Waals surface area contributed by atoms with Crippen LogP contribution in [0.25, 0.3) is 0 Å². The van der Waals surface area contributed by atoms with E-state index in [0.29, 0.717) is 19.4 Å². The fraction of sp³-hybridized carbons (Fsp3) is 0.533. The number of carbonyl (C=O) groups excluding carboxylic acids is 1. The van der Waals surface area contributed by atoms with Gasteiger partial charge in [0.15, 0.2) is 0 Å². The Hall–Kier alpha value is -1.30. The first-order valence-corrected chi connectivity index (χ1v) is 6.94. The zero-order valence-electron chi connectivity index (χ0n) is 12.5. The van der Waals surface area contributed by atoms with Crippen molar-refractivity contribution in [2.45, 2.75) is 38.9 Å². The maximum Gasteiger partial charge on any atom is 0.220 e. The molecule has 0 aliphatic rings. The first-order chi connectivity index (χ1) is 9.52. The molecule has 0 aliphatic carbocycles. The highest BCUT2D eigenvalue weighted by Crippen LogP contribution is 2.18. The lowest BCUT2D eigenvalue weighted by molar-refractivity contribution is -0.121. The van der Waals surface area contributed by atoms with E-state index in [1.807, 2.05) is 26.0 Å². The highest BCUT2D eigenvalue weighted by Gasteiger charge is 2.09. The van der Waals surface area contributed by atoms with E-state index in [2.05, 4.69) is 5.32 Å². The van der Waals surface area contributed by atoms with Crippen molar-refractivity contribution in [3.63, 3.8) is 0 Å². The van der Waals surface area contributed by atoms with Gasteiger partial charge in [0, 0.05) is 13.0 Å². The minimum atomic E-state index is -0.718. The number of carbonyl (C=O) groups is 1. The molecule has 6 heteroatoms. The van der Waals surface area contributed by atoms with Crippen LogP contribution in [0.2, 0.25) is 0 Å². The molecule has 0 fully saturated rings. The van der Waals surface area contributed by atoms with E-state index in [1.54, 1.807) is 12.1 Å². The van der Waals surface area contributed by atoms with E-state index in [-0.39, 0.29) is 31.0 Å². The molecule has 0 saturated heterocycles. The molecule has 1 aromatic carbocycles. The smallest absolute Gasteiger partial charge is 0.220 e. The Kier molecular flexibility index (Phi) is 9.78. The Bertz CT molecular complexity index is 410. The van der Waals surface area contributed by atoms with Gasteiger partial charge in [-0.3, -0.25) is 4.79 Å². The monoisotopic (exact) mass is 316 g/mol. The van der Waals surface area contributed by atoms with Crippen LogP contribution in [0.5, 0.6) is 5.75 Å². The molecule has 0 aliphatic heterocycles. The lowest BCUT2D eigenvalue weighted by atomic mass is 10.1. The molecule has 1 unspecified atom stereocenters. The molecule has 0 bridgehead atoms. The number of nitrogens with one attached hydrogen (secondary N) is 1. The van der Waals surface area contributed by atoms with Crippen molar-refractivity contribution < 1.29 is 14.6 Å². The van der Waals surface area contributed by atoms with Gasteiger partial charge in [-0.2, -0.15) is 0 Å². The highest BCUT2D eigenvalue weighted by molar-refractivity contribution is 5.85. The maximum atomic E-state index is 11.4. The second-order valence-corrected chi connectivity index (χ2v) is 4.95. The third-order valence-electron chi connectivity index (χ3n) is 2.74. The third-order valence-corrected chi connectivity index (χ3v) is 2.74. The molecular formula is C15H25ClN2O3. The third kappa shape index (κ3) is 7.90. The molecule has 21 heavy (non-hydrogen) atoms. The number of amides is 1. The van der Waals surface area contributed by atoms with Gasteiger partial charge in [0.1, 0.15) is 5.75 Å². The largest absolute Gasteiger partial charge is 0.491 e. The van der Waals surface area contributed by atoms with Crippen LogP contribution in [-0.4, -0.2) is 30.2 Å². The van der Waals surface area contributed by atoms with E-state index in [4.69, 9.17) is 10.5 Å². The quantitative estimate of drug-likeness (QED) is 0.682. The van der Waals surface area contributed by atoms with Crippen LogP contribution in [0.3, 0.4) is 0 Å². The molecule has 1 aromatic rings. The molecule has 1 rings (SSSR count). The molecule has 0 heterocycles. The molecule has 5 nitrogen and oxygen atoms in total. The normalized spacial score (nSPS) is 11.7. The van der Waals surface area contributed by atoms with E-state index >= 15 is 0 Å². The van der Waals surface area contributed by atoms with Gasteiger partial charge in [0.25, 0.3) is 0 Å². The summed E-state index contributed by atoms with van der Waals surface area (Å²) in [6.45, 7) is 4.61. The fourth-order valence-electron chi connectivity index (χ4n) is 1.72.